The Morgan fingerprint density at radius 1 is 1.06 bits per heavy atom. The molecule has 0 aliphatic rings. The van der Waals surface area contributed by atoms with Gasteiger partial charge in [-0.3, -0.25) is 9.59 Å². The highest BCUT2D eigenvalue weighted by molar-refractivity contribution is 6.32. The van der Waals surface area contributed by atoms with Gasteiger partial charge in [-0.15, -0.1) is 0 Å². The third-order valence-corrected chi connectivity index (χ3v) is 5.11. The average Bonchev–Trinajstić information content (AvgIpc) is 3.23. The highest BCUT2D eigenvalue weighted by atomic mass is 35.5. The summed E-state index contributed by atoms with van der Waals surface area (Å²) in [6.07, 6.45) is -0.0681. The first kappa shape index (κ1) is 24.7. The zero-order valence-electron chi connectivity index (χ0n) is 18.5. The third-order valence-electron chi connectivity index (χ3n) is 4.80. The number of amides is 1. The molecule has 0 saturated carbocycles. The van der Waals surface area contributed by atoms with Gasteiger partial charge in [-0.1, -0.05) is 16.8 Å². The summed E-state index contributed by atoms with van der Waals surface area (Å²) in [5.41, 5.74) is 5.26. The maximum Gasteiger partial charge on any atom is 0.256 e. The first-order valence-electron chi connectivity index (χ1n) is 9.81. The number of aromatic nitrogens is 1. The van der Waals surface area contributed by atoms with Crippen molar-refractivity contribution in [1.29, 1.82) is 0 Å². The molecule has 0 aliphatic heterocycles. The second-order valence-corrected chi connectivity index (χ2v) is 7.29. The van der Waals surface area contributed by atoms with Gasteiger partial charge in [-0.05, 0) is 24.7 Å². The van der Waals surface area contributed by atoms with Crippen molar-refractivity contribution in [3.05, 3.63) is 40.5 Å². The van der Waals surface area contributed by atoms with E-state index in [0.717, 1.165) is 6.07 Å². The fourth-order valence-electron chi connectivity index (χ4n) is 3.16. The number of halogens is 1. The Morgan fingerprint density at radius 3 is 2.26 bits per heavy atom. The lowest BCUT2D eigenvalue weighted by Crippen LogP contribution is -2.16. The van der Waals surface area contributed by atoms with Crippen LogP contribution in [0.15, 0.2) is 28.8 Å². The molecule has 0 unspecified atom stereocenters. The molecule has 0 saturated heterocycles. The molecule has 1 heterocycles. The van der Waals surface area contributed by atoms with E-state index in [1.807, 2.05) is 0 Å². The number of aromatic hydroxyl groups is 2. The molecule has 12 heteroatoms. The smallest absolute Gasteiger partial charge is 0.256 e. The SMILES string of the molecule is COc1cc(C(=O)Nc2c(C(=O)CCN)noc2-c2cc(Cl)c(O)cc2O)cc(OC)c1OC. The number of Topliss-reactive ketones (excluding diaryl/α,β-unsaturated/α-hetero) is 1. The van der Waals surface area contributed by atoms with Crippen molar-refractivity contribution in [2.24, 2.45) is 5.73 Å². The summed E-state index contributed by atoms with van der Waals surface area (Å²) in [7, 11) is 4.23. The number of nitrogens with two attached hydrogens (primary N) is 1. The minimum Gasteiger partial charge on any atom is -0.507 e. The molecule has 0 fully saturated rings. The summed E-state index contributed by atoms with van der Waals surface area (Å²) in [5, 5.41) is 26.3. The number of ether oxygens (including phenoxy) is 3. The van der Waals surface area contributed by atoms with Crippen LogP contribution in [0.25, 0.3) is 11.3 Å². The summed E-state index contributed by atoms with van der Waals surface area (Å²) in [6, 6.07) is 5.03. The van der Waals surface area contributed by atoms with Gasteiger partial charge >= 0.3 is 0 Å². The van der Waals surface area contributed by atoms with Crippen molar-refractivity contribution < 1.29 is 38.5 Å². The van der Waals surface area contributed by atoms with Crippen LogP contribution in [0.5, 0.6) is 28.7 Å². The van der Waals surface area contributed by atoms with Crippen LogP contribution in [0, 0.1) is 0 Å². The van der Waals surface area contributed by atoms with Crippen molar-refractivity contribution in [2.75, 3.05) is 33.2 Å². The lowest BCUT2D eigenvalue weighted by atomic mass is 10.1. The van der Waals surface area contributed by atoms with E-state index >= 15 is 0 Å². The topological polar surface area (TPSA) is 166 Å². The molecular weight excluding hydrogens is 470 g/mol. The Morgan fingerprint density at radius 2 is 1.71 bits per heavy atom. The molecule has 34 heavy (non-hydrogen) atoms. The lowest BCUT2D eigenvalue weighted by Gasteiger charge is -2.14. The van der Waals surface area contributed by atoms with Crippen LogP contribution in [-0.4, -0.2) is 54.9 Å². The number of nitrogens with one attached hydrogen (secondary N) is 1. The fraction of sp³-hybridized carbons (Fsp3) is 0.227. The molecule has 11 nitrogen and oxygen atoms in total. The molecule has 0 spiro atoms. The number of ketones is 1. The number of benzene rings is 2. The minimum atomic E-state index is -0.671. The van der Waals surface area contributed by atoms with E-state index < -0.39 is 17.4 Å². The van der Waals surface area contributed by atoms with E-state index in [1.165, 1.54) is 39.5 Å². The quantitative estimate of drug-likeness (QED) is 0.326. The van der Waals surface area contributed by atoms with Gasteiger partial charge in [0.2, 0.25) is 5.75 Å². The van der Waals surface area contributed by atoms with E-state index in [9.17, 15) is 19.8 Å². The number of phenols is 2. The molecule has 5 N–H and O–H groups in total. The number of hydrogen-bond donors (Lipinski definition) is 4. The average molecular weight is 492 g/mol. The maximum absolute atomic E-state index is 13.2. The second-order valence-electron chi connectivity index (χ2n) is 6.89. The van der Waals surface area contributed by atoms with Crippen LogP contribution >= 0.6 is 11.6 Å². The van der Waals surface area contributed by atoms with Crippen LogP contribution in [0.1, 0.15) is 27.3 Å². The highest BCUT2D eigenvalue weighted by Gasteiger charge is 2.27. The normalized spacial score (nSPS) is 10.6. The monoisotopic (exact) mass is 491 g/mol. The van der Waals surface area contributed by atoms with Crippen molar-refractivity contribution in [2.45, 2.75) is 6.42 Å². The summed E-state index contributed by atoms with van der Waals surface area (Å²) in [6.45, 7) is 0.0393. The number of anilines is 1. The van der Waals surface area contributed by atoms with Crippen molar-refractivity contribution >= 4 is 29.0 Å². The number of nitrogens with zero attached hydrogens (tertiary/aromatic N) is 1. The van der Waals surface area contributed by atoms with Gasteiger partial charge in [0.15, 0.2) is 28.7 Å². The first-order valence-corrected chi connectivity index (χ1v) is 10.2. The van der Waals surface area contributed by atoms with Crippen LogP contribution in [0.4, 0.5) is 5.69 Å². The molecule has 3 rings (SSSR count). The molecule has 3 aromatic rings. The number of carbonyl (C=O) groups is 2. The summed E-state index contributed by atoms with van der Waals surface area (Å²) < 4.78 is 21.1. The number of hydrogen-bond acceptors (Lipinski definition) is 10. The minimum absolute atomic E-state index is 0.0118. The largest absolute Gasteiger partial charge is 0.507 e. The van der Waals surface area contributed by atoms with Crippen molar-refractivity contribution in [1.82, 2.24) is 5.16 Å². The zero-order valence-corrected chi connectivity index (χ0v) is 19.2. The van der Waals surface area contributed by atoms with Gasteiger partial charge in [0.1, 0.15) is 17.2 Å². The molecule has 180 valence electrons. The Balaban J connectivity index is 2.12. The van der Waals surface area contributed by atoms with Gasteiger partial charge in [0, 0.05) is 18.1 Å². The van der Waals surface area contributed by atoms with E-state index in [1.54, 1.807) is 0 Å². The van der Waals surface area contributed by atoms with Crippen LogP contribution in [0.2, 0.25) is 5.02 Å². The molecule has 0 bridgehead atoms. The molecule has 1 amide bonds. The summed E-state index contributed by atoms with van der Waals surface area (Å²) in [5.74, 6) is -1.35. The molecule has 1 aromatic heterocycles. The van der Waals surface area contributed by atoms with E-state index in [0.29, 0.717) is 0 Å². The standard InChI is InChI=1S/C22H22ClN3O8/c1-31-16-6-10(7-17(32-2)21(16)33-3)22(30)25-19-18(13(27)4-5-24)26-34-20(19)11-8-12(23)15(29)9-14(11)28/h6-9,28-29H,4-5,24H2,1-3H3,(H,25,30). The fourth-order valence-corrected chi connectivity index (χ4v) is 3.32. The lowest BCUT2D eigenvalue weighted by molar-refractivity contribution is 0.0977. The second kappa shape index (κ2) is 10.3. The molecule has 0 atom stereocenters. The van der Waals surface area contributed by atoms with Crippen LogP contribution in [0.3, 0.4) is 0 Å². The molecule has 0 radical (unpaired) electrons. The Hall–Kier alpha value is -3.96. The van der Waals surface area contributed by atoms with Gasteiger partial charge in [0.05, 0.1) is 31.9 Å². The third kappa shape index (κ3) is 4.70. The predicted molar refractivity (Wildman–Crippen MR) is 122 cm³/mol. The maximum atomic E-state index is 13.2. The van der Waals surface area contributed by atoms with Gasteiger partial charge < -0.3 is 40.0 Å². The molecule has 0 aliphatic carbocycles. The Bertz CT molecular complexity index is 1220. The molecule has 2 aromatic carbocycles. The first-order chi connectivity index (χ1) is 16.2. The summed E-state index contributed by atoms with van der Waals surface area (Å²) in [4.78, 5) is 25.8. The Kier molecular flexibility index (Phi) is 7.49. The van der Waals surface area contributed by atoms with Crippen molar-refractivity contribution in [3.8, 4) is 40.1 Å². The van der Waals surface area contributed by atoms with Crippen LogP contribution in [-0.2, 0) is 0 Å². The van der Waals surface area contributed by atoms with E-state index in [4.69, 9.17) is 36.1 Å². The van der Waals surface area contributed by atoms with Crippen LogP contribution < -0.4 is 25.3 Å². The number of carbonyl (C=O) groups excluding carboxylic acids is 2. The van der Waals surface area contributed by atoms with Gasteiger partial charge in [-0.25, -0.2) is 0 Å². The highest BCUT2D eigenvalue weighted by Crippen LogP contribution is 2.42. The number of methoxy groups -OCH3 is 3. The van der Waals surface area contributed by atoms with Gasteiger partial charge in [-0.2, -0.15) is 0 Å². The number of rotatable bonds is 9. The van der Waals surface area contributed by atoms with E-state index in [2.05, 4.69) is 10.5 Å². The van der Waals surface area contributed by atoms with E-state index in [-0.39, 0.29) is 69.3 Å². The molecular formula is C22H22ClN3O8. The Labute approximate surface area is 199 Å². The zero-order chi connectivity index (χ0) is 25.0. The predicted octanol–water partition coefficient (Wildman–Crippen LogP) is 3.22. The van der Waals surface area contributed by atoms with Gasteiger partial charge in [0.25, 0.3) is 5.91 Å². The summed E-state index contributed by atoms with van der Waals surface area (Å²) >= 11 is 5.97. The number of phenolic OH excluding ortho intramolecular Hbond substituents is 2. The van der Waals surface area contributed by atoms with Crippen molar-refractivity contribution in [3.63, 3.8) is 0 Å².